The van der Waals surface area contributed by atoms with Crippen molar-refractivity contribution in [2.24, 2.45) is 0 Å². The van der Waals surface area contributed by atoms with Gasteiger partial charge in [-0.1, -0.05) is 47.0 Å². The summed E-state index contributed by atoms with van der Waals surface area (Å²) >= 11 is 12.3. The van der Waals surface area contributed by atoms with E-state index in [-0.39, 0.29) is 18.6 Å². The first-order chi connectivity index (χ1) is 15.5. The molecule has 1 aliphatic rings. The first-order valence-corrected chi connectivity index (χ1v) is 11.3. The molecule has 32 heavy (non-hydrogen) atoms. The van der Waals surface area contributed by atoms with Crippen LogP contribution >= 0.6 is 23.2 Å². The molecule has 7 heteroatoms. The minimum atomic E-state index is -0.0380. The number of nitrogens with zero attached hydrogens (tertiary/aromatic N) is 2. The quantitative estimate of drug-likeness (QED) is 0.445. The maximum absolute atomic E-state index is 13.0. The van der Waals surface area contributed by atoms with Crippen molar-refractivity contribution in [1.82, 2.24) is 9.88 Å². The minimum absolute atomic E-state index is 0.0380. The third-order valence-corrected chi connectivity index (χ3v) is 5.99. The largest absolute Gasteiger partial charge is 0.490 e. The lowest BCUT2D eigenvalue weighted by atomic mass is 10.1. The molecule has 5 nitrogen and oxygen atoms in total. The summed E-state index contributed by atoms with van der Waals surface area (Å²) in [5, 5.41) is 0.877. The number of piperidine rings is 1. The Labute approximate surface area is 197 Å². The number of carbonyl (C=O) groups is 1. The molecule has 166 valence electrons. The summed E-state index contributed by atoms with van der Waals surface area (Å²) in [6.07, 6.45) is 4.95. The molecule has 0 radical (unpaired) electrons. The van der Waals surface area contributed by atoms with Crippen LogP contribution in [0.25, 0.3) is 0 Å². The number of hydrogen-bond donors (Lipinski definition) is 0. The fourth-order valence-electron chi connectivity index (χ4n) is 3.63. The van der Waals surface area contributed by atoms with Crippen molar-refractivity contribution in [2.75, 3.05) is 13.1 Å². The van der Waals surface area contributed by atoms with E-state index in [1.165, 1.54) is 5.56 Å². The summed E-state index contributed by atoms with van der Waals surface area (Å²) < 4.78 is 11.8. The van der Waals surface area contributed by atoms with Crippen molar-refractivity contribution >= 4 is 29.1 Å². The predicted octanol–water partition coefficient (Wildman–Crippen LogP) is 5.96. The molecule has 0 saturated carbocycles. The van der Waals surface area contributed by atoms with Crippen LogP contribution < -0.4 is 9.47 Å². The molecule has 0 atom stereocenters. The summed E-state index contributed by atoms with van der Waals surface area (Å²) in [4.78, 5) is 19.1. The first kappa shape index (κ1) is 22.4. The van der Waals surface area contributed by atoms with E-state index in [4.69, 9.17) is 32.7 Å². The van der Waals surface area contributed by atoms with Crippen LogP contribution in [0.4, 0.5) is 0 Å². The van der Waals surface area contributed by atoms with E-state index < -0.39 is 0 Å². The monoisotopic (exact) mass is 470 g/mol. The highest BCUT2D eigenvalue weighted by molar-refractivity contribution is 6.37. The van der Waals surface area contributed by atoms with E-state index in [1.54, 1.807) is 36.7 Å². The highest BCUT2D eigenvalue weighted by Gasteiger charge is 2.25. The van der Waals surface area contributed by atoms with Gasteiger partial charge in [0.25, 0.3) is 5.91 Å². The van der Waals surface area contributed by atoms with Crippen LogP contribution in [0.5, 0.6) is 11.5 Å². The molecule has 1 fully saturated rings. The highest BCUT2D eigenvalue weighted by Crippen LogP contribution is 2.33. The standard InChI is InChI=1S/C25H24Cl2N2O3/c1-17-5-7-20(8-6-17)32-21-9-11-29(12-10-21)25(30)19-13-18(14-28-15-19)16-31-24-22(26)3-2-4-23(24)27/h2-8,13-15,21H,9-12,16H2,1H3. The van der Waals surface area contributed by atoms with Gasteiger partial charge in [-0.05, 0) is 37.3 Å². The molecule has 1 saturated heterocycles. The third kappa shape index (κ3) is 5.53. The van der Waals surface area contributed by atoms with Gasteiger partial charge in [-0.3, -0.25) is 9.78 Å². The number of para-hydroxylation sites is 1. The molecule has 0 aliphatic carbocycles. The third-order valence-electron chi connectivity index (χ3n) is 5.40. The van der Waals surface area contributed by atoms with Crippen molar-refractivity contribution in [3.05, 3.63) is 87.7 Å². The van der Waals surface area contributed by atoms with Gasteiger partial charge in [-0.15, -0.1) is 0 Å². The molecule has 1 aromatic heterocycles. The van der Waals surface area contributed by atoms with E-state index in [0.717, 1.165) is 24.2 Å². The molecular formula is C25H24Cl2N2O3. The first-order valence-electron chi connectivity index (χ1n) is 10.5. The topological polar surface area (TPSA) is 51.7 Å². The molecule has 2 aromatic carbocycles. The van der Waals surface area contributed by atoms with Crippen LogP contribution in [0, 0.1) is 6.92 Å². The second kappa shape index (κ2) is 10.2. The van der Waals surface area contributed by atoms with Gasteiger partial charge in [0.2, 0.25) is 0 Å². The number of aryl methyl sites for hydroxylation is 1. The Bertz CT molecular complexity index is 1060. The number of rotatable bonds is 6. The van der Waals surface area contributed by atoms with Crippen molar-refractivity contribution in [2.45, 2.75) is 32.5 Å². The van der Waals surface area contributed by atoms with E-state index in [2.05, 4.69) is 11.9 Å². The number of likely N-dealkylation sites (tertiary alicyclic amines) is 1. The van der Waals surface area contributed by atoms with Gasteiger partial charge in [-0.25, -0.2) is 0 Å². The highest BCUT2D eigenvalue weighted by atomic mass is 35.5. The number of carbonyl (C=O) groups excluding carboxylic acids is 1. The van der Waals surface area contributed by atoms with Gasteiger partial charge < -0.3 is 14.4 Å². The Balaban J connectivity index is 1.33. The number of benzene rings is 2. The normalized spacial score (nSPS) is 14.3. The minimum Gasteiger partial charge on any atom is -0.490 e. The number of halogens is 2. The van der Waals surface area contributed by atoms with Crippen LogP contribution in [0.1, 0.15) is 34.3 Å². The second-order valence-electron chi connectivity index (χ2n) is 7.84. The summed E-state index contributed by atoms with van der Waals surface area (Å²) in [7, 11) is 0. The predicted molar refractivity (Wildman–Crippen MR) is 126 cm³/mol. The Morgan fingerprint density at radius 1 is 1.06 bits per heavy atom. The van der Waals surface area contributed by atoms with Crippen molar-refractivity contribution in [3.63, 3.8) is 0 Å². The molecule has 0 spiro atoms. The Morgan fingerprint density at radius 2 is 1.75 bits per heavy atom. The molecular weight excluding hydrogens is 447 g/mol. The number of ether oxygens (including phenoxy) is 2. The van der Waals surface area contributed by atoms with E-state index in [0.29, 0.717) is 34.4 Å². The number of hydrogen-bond acceptors (Lipinski definition) is 4. The van der Waals surface area contributed by atoms with Crippen LogP contribution in [0.15, 0.2) is 60.9 Å². The van der Waals surface area contributed by atoms with Gasteiger partial charge in [0.1, 0.15) is 18.5 Å². The second-order valence-corrected chi connectivity index (χ2v) is 8.66. The van der Waals surface area contributed by atoms with E-state index in [9.17, 15) is 4.79 Å². The fraction of sp³-hybridized carbons (Fsp3) is 0.280. The van der Waals surface area contributed by atoms with Crippen LogP contribution in [-0.2, 0) is 6.61 Å². The average molecular weight is 471 g/mol. The van der Waals surface area contributed by atoms with Gasteiger partial charge in [0.15, 0.2) is 5.75 Å². The van der Waals surface area contributed by atoms with E-state index in [1.807, 2.05) is 29.2 Å². The Kier molecular flexibility index (Phi) is 7.18. The molecule has 0 bridgehead atoms. The van der Waals surface area contributed by atoms with Gasteiger partial charge in [-0.2, -0.15) is 0 Å². The Hall–Kier alpha value is -2.76. The zero-order chi connectivity index (χ0) is 22.5. The molecule has 2 heterocycles. The van der Waals surface area contributed by atoms with Gasteiger partial charge >= 0.3 is 0 Å². The average Bonchev–Trinajstić information content (AvgIpc) is 2.80. The summed E-state index contributed by atoms with van der Waals surface area (Å²) in [5.74, 6) is 1.25. The Morgan fingerprint density at radius 3 is 2.44 bits per heavy atom. The lowest BCUT2D eigenvalue weighted by Crippen LogP contribution is -2.41. The summed E-state index contributed by atoms with van der Waals surface area (Å²) in [5.41, 5.74) is 2.51. The summed E-state index contributed by atoms with van der Waals surface area (Å²) in [6, 6.07) is 15.0. The van der Waals surface area contributed by atoms with Crippen molar-refractivity contribution in [3.8, 4) is 11.5 Å². The number of pyridine rings is 1. The van der Waals surface area contributed by atoms with E-state index >= 15 is 0 Å². The fourth-order valence-corrected chi connectivity index (χ4v) is 4.13. The molecule has 4 rings (SSSR count). The zero-order valence-corrected chi connectivity index (χ0v) is 19.3. The lowest BCUT2D eigenvalue weighted by molar-refractivity contribution is 0.0595. The SMILES string of the molecule is Cc1ccc(OC2CCN(C(=O)c3cncc(COc4c(Cl)cccc4Cl)c3)CC2)cc1. The van der Waals surface area contributed by atoms with Crippen LogP contribution in [0.3, 0.4) is 0 Å². The maximum Gasteiger partial charge on any atom is 0.255 e. The molecule has 0 unspecified atom stereocenters. The number of amides is 1. The molecule has 1 aliphatic heterocycles. The smallest absolute Gasteiger partial charge is 0.255 e. The van der Waals surface area contributed by atoms with Crippen LogP contribution in [-0.4, -0.2) is 35.0 Å². The lowest BCUT2D eigenvalue weighted by Gasteiger charge is -2.32. The van der Waals surface area contributed by atoms with Crippen LogP contribution in [0.2, 0.25) is 10.0 Å². The van der Waals surface area contributed by atoms with Crippen molar-refractivity contribution < 1.29 is 14.3 Å². The van der Waals surface area contributed by atoms with Crippen molar-refractivity contribution in [1.29, 1.82) is 0 Å². The molecule has 0 N–H and O–H groups in total. The summed E-state index contributed by atoms with van der Waals surface area (Å²) in [6.45, 7) is 3.55. The zero-order valence-electron chi connectivity index (χ0n) is 17.8. The van der Waals surface area contributed by atoms with Gasteiger partial charge in [0, 0.05) is 43.9 Å². The number of aromatic nitrogens is 1. The molecule has 1 amide bonds. The maximum atomic E-state index is 13.0. The molecule has 3 aromatic rings. The van der Waals surface area contributed by atoms with Gasteiger partial charge in [0.05, 0.1) is 15.6 Å².